The minimum Gasteiger partial charge on any atom is -0.462 e. The third-order valence-corrected chi connectivity index (χ3v) is 3.06. The Hall–Kier alpha value is -1.75. The molecule has 118 valence electrons. The molecular weight excluding hydrogens is 266 g/mol. The molecule has 0 spiro atoms. The zero-order valence-corrected chi connectivity index (χ0v) is 13.2. The Bertz CT molecular complexity index is 424. The fraction of sp³-hybridized carbons (Fsp3) is 0.562. The fourth-order valence-corrected chi connectivity index (χ4v) is 1.96. The van der Waals surface area contributed by atoms with E-state index in [4.69, 9.17) is 5.73 Å². The minimum atomic E-state index is -0.318. The van der Waals surface area contributed by atoms with Crippen LogP contribution in [0.15, 0.2) is 24.3 Å². The van der Waals surface area contributed by atoms with Crippen LogP contribution >= 0.6 is 0 Å². The van der Waals surface area contributed by atoms with Gasteiger partial charge in [0.05, 0.1) is 11.4 Å². The number of benzene rings is 1. The Morgan fingerprint density at radius 1 is 1.29 bits per heavy atom. The monoisotopic (exact) mass is 293 g/mol. The van der Waals surface area contributed by atoms with Gasteiger partial charge in [0, 0.05) is 6.04 Å². The predicted molar refractivity (Wildman–Crippen MR) is 87.3 cm³/mol. The zero-order chi connectivity index (χ0) is 15.7. The van der Waals surface area contributed by atoms with Crippen molar-refractivity contribution in [1.82, 2.24) is 5.32 Å². The number of hydrogen-bond donors (Lipinski definition) is 3. The number of carbonyl (C=O) groups is 1. The van der Waals surface area contributed by atoms with Gasteiger partial charge >= 0.3 is 0 Å². The van der Waals surface area contributed by atoms with E-state index in [-0.39, 0.29) is 5.60 Å². The third kappa shape index (κ3) is 7.56. The average Bonchev–Trinajstić information content (AvgIpc) is 2.42. The van der Waals surface area contributed by atoms with E-state index >= 15 is 0 Å². The first-order chi connectivity index (χ1) is 9.92. The molecule has 21 heavy (non-hydrogen) atoms. The molecule has 0 aromatic heterocycles. The van der Waals surface area contributed by atoms with Gasteiger partial charge in [0.25, 0.3) is 6.47 Å². The van der Waals surface area contributed by atoms with Crippen molar-refractivity contribution in [3.63, 3.8) is 0 Å². The minimum absolute atomic E-state index is 0.318. The lowest BCUT2D eigenvalue weighted by molar-refractivity contribution is -0.138. The van der Waals surface area contributed by atoms with Crippen molar-refractivity contribution in [2.24, 2.45) is 0 Å². The Kier molecular flexibility index (Phi) is 7.02. The van der Waals surface area contributed by atoms with Crippen molar-refractivity contribution in [1.29, 1.82) is 0 Å². The SMILES string of the molecule is CC(C)(C)OC=O.Nc1ccccc1NC1CCNCC1. The van der Waals surface area contributed by atoms with Crippen molar-refractivity contribution < 1.29 is 9.53 Å². The molecule has 0 atom stereocenters. The number of rotatable bonds is 3. The topological polar surface area (TPSA) is 76.4 Å². The molecule has 0 saturated carbocycles. The van der Waals surface area contributed by atoms with Crippen molar-refractivity contribution >= 4 is 17.8 Å². The van der Waals surface area contributed by atoms with Gasteiger partial charge in [0.15, 0.2) is 0 Å². The lowest BCUT2D eigenvalue weighted by Gasteiger charge is -2.25. The summed E-state index contributed by atoms with van der Waals surface area (Å²) in [6.45, 7) is 8.12. The lowest BCUT2D eigenvalue weighted by Crippen LogP contribution is -2.35. The molecule has 1 aliphatic rings. The van der Waals surface area contributed by atoms with Crippen molar-refractivity contribution in [2.75, 3.05) is 24.1 Å². The molecule has 0 bridgehead atoms. The van der Waals surface area contributed by atoms with Gasteiger partial charge in [-0.05, 0) is 58.8 Å². The molecule has 0 amide bonds. The van der Waals surface area contributed by atoms with Crippen LogP contribution in [-0.4, -0.2) is 31.2 Å². The number of hydrogen-bond acceptors (Lipinski definition) is 5. The van der Waals surface area contributed by atoms with E-state index in [1.165, 1.54) is 12.8 Å². The summed E-state index contributed by atoms with van der Waals surface area (Å²) in [6.07, 6.45) is 2.35. The summed E-state index contributed by atoms with van der Waals surface area (Å²) in [5.41, 5.74) is 7.45. The zero-order valence-electron chi connectivity index (χ0n) is 13.2. The van der Waals surface area contributed by atoms with Crippen LogP contribution in [0.4, 0.5) is 11.4 Å². The van der Waals surface area contributed by atoms with Gasteiger partial charge in [0.1, 0.15) is 5.60 Å². The van der Waals surface area contributed by atoms with Gasteiger partial charge in [-0.15, -0.1) is 0 Å². The molecule has 1 fully saturated rings. The van der Waals surface area contributed by atoms with E-state index in [2.05, 4.69) is 15.4 Å². The molecule has 4 N–H and O–H groups in total. The number of carbonyl (C=O) groups excluding carboxylic acids is 1. The number of nitrogens with two attached hydrogens (primary N) is 1. The van der Waals surface area contributed by atoms with E-state index < -0.39 is 0 Å². The van der Waals surface area contributed by atoms with E-state index in [0.717, 1.165) is 24.5 Å². The number of anilines is 2. The molecule has 2 rings (SSSR count). The molecule has 0 aliphatic carbocycles. The quantitative estimate of drug-likeness (QED) is 0.589. The maximum Gasteiger partial charge on any atom is 0.293 e. The van der Waals surface area contributed by atoms with Gasteiger partial charge in [-0.3, -0.25) is 4.79 Å². The predicted octanol–water partition coefficient (Wildman–Crippen LogP) is 2.39. The number of piperidine rings is 1. The Morgan fingerprint density at radius 2 is 1.90 bits per heavy atom. The molecule has 1 aliphatic heterocycles. The number of nitrogen functional groups attached to an aromatic ring is 1. The number of nitrogens with one attached hydrogen (secondary N) is 2. The van der Waals surface area contributed by atoms with Gasteiger partial charge in [-0.25, -0.2) is 0 Å². The Balaban J connectivity index is 0.000000270. The van der Waals surface area contributed by atoms with Crippen LogP contribution in [0.5, 0.6) is 0 Å². The Morgan fingerprint density at radius 3 is 2.38 bits per heavy atom. The molecule has 0 unspecified atom stereocenters. The highest BCUT2D eigenvalue weighted by atomic mass is 16.5. The summed E-state index contributed by atoms with van der Waals surface area (Å²) in [4.78, 5) is 9.60. The molecule has 1 saturated heterocycles. The van der Waals surface area contributed by atoms with Crippen molar-refractivity contribution in [3.05, 3.63) is 24.3 Å². The maximum atomic E-state index is 9.60. The Labute approximate surface area is 127 Å². The van der Waals surface area contributed by atoms with E-state index in [9.17, 15) is 4.79 Å². The number of para-hydroxylation sites is 2. The van der Waals surface area contributed by atoms with Crippen LogP contribution < -0.4 is 16.4 Å². The summed E-state index contributed by atoms with van der Waals surface area (Å²) in [5.74, 6) is 0. The molecule has 0 radical (unpaired) electrons. The summed E-state index contributed by atoms with van der Waals surface area (Å²) in [7, 11) is 0. The van der Waals surface area contributed by atoms with Crippen LogP contribution in [0.3, 0.4) is 0 Å². The van der Waals surface area contributed by atoms with Crippen LogP contribution in [0.2, 0.25) is 0 Å². The second kappa shape index (κ2) is 8.52. The normalized spacial score (nSPS) is 15.6. The standard InChI is InChI=1S/C11H17N3.C5H10O2/c12-10-3-1-2-4-11(10)14-9-5-7-13-8-6-9;1-5(2,3)7-4-6/h1-4,9,13-14H,5-8,12H2;4H,1-3H3. The van der Waals surface area contributed by atoms with Crippen LogP contribution in [-0.2, 0) is 9.53 Å². The molecular formula is C16H27N3O2. The summed E-state index contributed by atoms with van der Waals surface area (Å²) < 4.78 is 4.55. The fourth-order valence-electron chi connectivity index (χ4n) is 1.96. The van der Waals surface area contributed by atoms with Crippen LogP contribution in [0.1, 0.15) is 33.6 Å². The largest absolute Gasteiger partial charge is 0.462 e. The molecule has 1 heterocycles. The highest BCUT2D eigenvalue weighted by molar-refractivity contribution is 5.65. The molecule has 1 aromatic rings. The summed E-state index contributed by atoms with van der Waals surface area (Å²) >= 11 is 0. The van der Waals surface area contributed by atoms with Crippen molar-refractivity contribution in [2.45, 2.75) is 45.3 Å². The highest BCUT2D eigenvalue weighted by Crippen LogP contribution is 2.19. The first-order valence-electron chi connectivity index (χ1n) is 7.35. The van der Waals surface area contributed by atoms with E-state index in [1.807, 2.05) is 45.0 Å². The number of ether oxygens (including phenoxy) is 1. The van der Waals surface area contributed by atoms with Gasteiger partial charge in [0.2, 0.25) is 0 Å². The average molecular weight is 293 g/mol. The van der Waals surface area contributed by atoms with E-state index in [1.54, 1.807) is 0 Å². The smallest absolute Gasteiger partial charge is 0.293 e. The summed E-state index contributed by atoms with van der Waals surface area (Å²) in [5, 5.41) is 6.83. The first-order valence-corrected chi connectivity index (χ1v) is 7.35. The molecule has 5 heteroatoms. The van der Waals surface area contributed by atoms with Gasteiger partial charge in [-0.2, -0.15) is 0 Å². The molecule has 5 nitrogen and oxygen atoms in total. The van der Waals surface area contributed by atoms with E-state index in [0.29, 0.717) is 12.5 Å². The van der Waals surface area contributed by atoms with Gasteiger partial charge in [-0.1, -0.05) is 12.1 Å². The van der Waals surface area contributed by atoms with Gasteiger partial charge < -0.3 is 21.1 Å². The third-order valence-electron chi connectivity index (χ3n) is 3.06. The van der Waals surface area contributed by atoms with Crippen molar-refractivity contribution in [3.8, 4) is 0 Å². The highest BCUT2D eigenvalue weighted by Gasteiger charge is 2.12. The lowest BCUT2D eigenvalue weighted by atomic mass is 10.1. The second-order valence-electron chi connectivity index (χ2n) is 6.08. The van der Waals surface area contributed by atoms with Crippen LogP contribution in [0, 0.1) is 0 Å². The maximum absolute atomic E-state index is 9.60. The first kappa shape index (κ1) is 17.3. The van der Waals surface area contributed by atoms with Crippen LogP contribution in [0.25, 0.3) is 0 Å². The summed E-state index contributed by atoms with van der Waals surface area (Å²) in [6, 6.07) is 8.52. The second-order valence-corrected chi connectivity index (χ2v) is 6.08. The molecule has 1 aromatic carbocycles.